The van der Waals surface area contributed by atoms with Crippen LogP contribution in [0.4, 0.5) is 4.79 Å². The van der Waals surface area contributed by atoms with Crippen molar-refractivity contribution >= 4 is 12.0 Å². The Balaban J connectivity index is 2.21. The number of carbonyl (C=O) groups excluding carboxylic acids is 2. The molecular weight excluding hydrogens is 222 g/mol. The number of nitrogens with zero attached hydrogens (tertiary/aromatic N) is 1. The number of carbonyl (C=O) groups is 2. The highest BCUT2D eigenvalue weighted by molar-refractivity contribution is 5.92. The summed E-state index contributed by atoms with van der Waals surface area (Å²) in [6, 6.07) is 0. The van der Waals surface area contributed by atoms with Gasteiger partial charge in [0.05, 0.1) is 13.7 Å². The molecule has 17 heavy (non-hydrogen) atoms. The highest BCUT2D eigenvalue weighted by Gasteiger charge is 2.20. The Hall–Kier alpha value is -1.14. The largest absolute Gasteiger partial charge is 0.453 e. The smallest absolute Gasteiger partial charge is 0.413 e. The number of ether oxygens (including phenoxy) is 1. The number of piperidine rings is 1. The molecular formula is C11H21N3O3. The van der Waals surface area contributed by atoms with E-state index in [-0.39, 0.29) is 12.5 Å². The van der Waals surface area contributed by atoms with Crippen molar-refractivity contribution in [2.45, 2.75) is 19.3 Å². The van der Waals surface area contributed by atoms with Gasteiger partial charge in [0.1, 0.15) is 0 Å². The molecule has 1 aliphatic rings. The van der Waals surface area contributed by atoms with E-state index in [1.807, 2.05) is 4.90 Å². The maximum Gasteiger partial charge on any atom is 0.413 e. The summed E-state index contributed by atoms with van der Waals surface area (Å²) >= 11 is 0. The van der Waals surface area contributed by atoms with E-state index in [0.29, 0.717) is 5.92 Å². The van der Waals surface area contributed by atoms with Crippen LogP contribution in [0.15, 0.2) is 0 Å². The number of rotatable bonds is 4. The summed E-state index contributed by atoms with van der Waals surface area (Å²) in [6.07, 6.45) is 2.50. The van der Waals surface area contributed by atoms with Crippen LogP contribution in [0.25, 0.3) is 0 Å². The van der Waals surface area contributed by atoms with Crippen LogP contribution in [0.3, 0.4) is 0 Å². The van der Waals surface area contributed by atoms with Crippen LogP contribution < -0.4 is 11.1 Å². The molecule has 0 aromatic carbocycles. The van der Waals surface area contributed by atoms with Crippen LogP contribution in [0.5, 0.6) is 0 Å². The quantitative estimate of drug-likeness (QED) is 0.722. The maximum atomic E-state index is 11.4. The average Bonchev–Trinajstić information content (AvgIpc) is 2.31. The molecule has 0 unspecified atom stereocenters. The van der Waals surface area contributed by atoms with Gasteiger partial charge in [-0.05, 0) is 44.8 Å². The molecule has 0 aliphatic carbocycles. The summed E-state index contributed by atoms with van der Waals surface area (Å²) in [7, 11) is 1.24. The number of nitrogens with one attached hydrogen (secondary N) is 1. The Labute approximate surface area is 101 Å². The first-order valence-electron chi connectivity index (χ1n) is 5.96. The second-order valence-corrected chi connectivity index (χ2v) is 4.34. The molecule has 3 N–H and O–H groups in total. The Morgan fingerprint density at radius 1 is 1.41 bits per heavy atom. The van der Waals surface area contributed by atoms with Gasteiger partial charge in [-0.25, -0.2) is 4.79 Å². The molecule has 1 fully saturated rings. The number of likely N-dealkylation sites (tertiary alicyclic amines) is 1. The van der Waals surface area contributed by atoms with Gasteiger partial charge in [0.2, 0.25) is 5.91 Å². The summed E-state index contributed by atoms with van der Waals surface area (Å²) in [4.78, 5) is 24.3. The number of imide groups is 1. The van der Waals surface area contributed by atoms with Gasteiger partial charge < -0.3 is 10.5 Å². The number of methoxy groups -OCH3 is 1. The van der Waals surface area contributed by atoms with Crippen LogP contribution >= 0.6 is 0 Å². The molecule has 6 nitrogen and oxygen atoms in total. The molecule has 1 heterocycles. The fourth-order valence-electron chi connectivity index (χ4n) is 2.08. The highest BCUT2D eigenvalue weighted by Crippen LogP contribution is 2.19. The monoisotopic (exact) mass is 243 g/mol. The van der Waals surface area contributed by atoms with E-state index >= 15 is 0 Å². The second kappa shape index (κ2) is 7.24. The van der Waals surface area contributed by atoms with E-state index in [4.69, 9.17) is 5.73 Å². The standard InChI is InChI=1S/C11H21N3O3/c1-17-11(16)13-10(15)8-14-6-3-9(2-5-12)4-7-14/h9H,2-8,12H2,1H3,(H,13,15,16). The molecule has 0 aromatic heterocycles. The molecule has 1 aliphatic heterocycles. The van der Waals surface area contributed by atoms with Gasteiger partial charge in [-0.15, -0.1) is 0 Å². The minimum Gasteiger partial charge on any atom is -0.453 e. The van der Waals surface area contributed by atoms with Gasteiger partial charge in [0.25, 0.3) is 0 Å². The van der Waals surface area contributed by atoms with Gasteiger partial charge >= 0.3 is 6.09 Å². The van der Waals surface area contributed by atoms with Gasteiger partial charge in [-0.1, -0.05) is 0 Å². The Kier molecular flexibility index (Phi) is 5.93. The third-order valence-electron chi connectivity index (χ3n) is 3.08. The predicted octanol–water partition coefficient (Wildman–Crippen LogP) is -0.0702. The van der Waals surface area contributed by atoms with Gasteiger partial charge in [-0.2, -0.15) is 0 Å². The number of amides is 2. The molecule has 0 bridgehead atoms. The molecule has 0 aromatic rings. The van der Waals surface area contributed by atoms with E-state index in [1.165, 1.54) is 7.11 Å². The molecule has 0 saturated carbocycles. The van der Waals surface area contributed by atoms with Crippen LogP contribution in [0, 0.1) is 5.92 Å². The number of hydrogen-bond acceptors (Lipinski definition) is 5. The summed E-state index contributed by atoms with van der Waals surface area (Å²) in [5.74, 6) is 0.369. The summed E-state index contributed by atoms with van der Waals surface area (Å²) in [5.41, 5.74) is 5.52. The maximum absolute atomic E-state index is 11.4. The SMILES string of the molecule is COC(=O)NC(=O)CN1CCC(CCN)CC1. The van der Waals surface area contributed by atoms with Crippen molar-refractivity contribution in [2.24, 2.45) is 11.7 Å². The lowest BCUT2D eigenvalue weighted by Crippen LogP contribution is -2.43. The van der Waals surface area contributed by atoms with Crippen LogP contribution in [0.1, 0.15) is 19.3 Å². The Morgan fingerprint density at radius 3 is 2.59 bits per heavy atom. The Bertz CT molecular complexity index is 263. The van der Waals surface area contributed by atoms with E-state index in [9.17, 15) is 9.59 Å². The third kappa shape index (κ3) is 5.14. The Morgan fingerprint density at radius 2 is 2.06 bits per heavy atom. The molecule has 0 radical (unpaired) electrons. The fraction of sp³-hybridized carbons (Fsp3) is 0.818. The lowest BCUT2D eigenvalue weighted by atomic mass is 9.94. The zero-order valence-corrected chi connectivity index (χ0v) is 10.3. The third-order valence-corrected chi connectivity index (χ3v) is 3.08. The van der Waals surface area contributed by atoms with Crippen LogP contribution in [0.2, 0.25) is 0 Å². The normalized spacial score (nSPS) is 17.8. The topological polar surface area (TPSA) is 84.7 Å². The molecule has 6 heteroatoms. The van der Waals surface area contributed by atoms with Crippen molar-refractivity contribution in [3.8, 4) is 0 Å². The number of hydrogen-bond donors (Lipinski definition) is 2. The van der Waals surface area contributed by atoms with Crippen LogP contribution in [-0.2, 0) is 9.53 Å². The first-order valence-corrected chi connectivity index (χ1v) is 5.96. The van der Waals surface area contributed by atoms with Crippen molar-refractivity contribution in [3.63, 3.8) is 0 Å². The predicted molar refractivity (Wildman–Crippen MR) is 63.4 cm³/mol. The van der Waals surface area contributed by atoms with E-state index < -0.39 is 6.09 Å². The van der Waals surface area contributed by atoms with Crippen molar-refractivity contribution < 1.29 is 14.3 Å². The molecule has 0 spiro atoms. The molecule has 0 atom stereocenters. The van der Waals surface area contributed by atoms with Crippen molar-refractivity contribution in [1.29, 1.82) is 0 Å². The first kappa shape index (κ1) is 13.9. The first-order chi connectivity index (χ1) is 8.15. The molecule has 2 amide bonds. The zero-order chi connectivity index (χ0) is 12.7. The van der Waals surface area contributed by atoms with Crippen molar-refractivity contribution in [1.82, 2.24) is 10.2 Å². The van der Waals surface area contributed by atoms with E-state index in [1.54, 1.807) is 0 Å². The van der Waals surface area contributed by atoms with Crippen LogP contribution in [-0.4, -0.2) is 50.2 Å². The van der Waals surface area contributed by atoms with Gasteiger partial charge in [-0.3, -0.25) is 15.0 Å². The minimum absolute atomic E-state index is 0.254. The molecule has 98 valence electrons. The number of alkyl carbamates (subject to hydrolysis) is 1. The minimum atomic E-state index is -0.701. The van der Waals surface area contributed by atoms with E-state index in [2.05, 4.69) is 10.1 Å². The lowest BCUT2D eigenvalue weighted by molar-refractivity contribution is -0.121. The average molecular weight is 243 g/mol. The lowest BCUT2D eigenvalue weighted by Gasteiger charge is -2.31. The molecule has 1 saturated heterocycles. The summed E-state index contributed by atoms with van der Waals surface area (Å²) < 4.78 is 4.36. The number of nitrogens with two attached hydrogens (primary N) is 1. The zero-order valence-electron chi connectivity index (χ0n) is 10.3. The fourth-order valence-corrected chi connectivity index (χ4v) is 2.08. The summed E-state index contributed by atoms with van der Waals surface area (Å²) in [6.45, 7) is 2.76. The highest BCUT2D eigenvalue weighted by atomic mass is 16.5. The molecule has 1 rings (SSSR count). The van der Waals surface area contributed by atoms with Crippen molar-refractivity contribution in [3.05, 3.63) is 0 Å². The van der Waals surface area contributed by atoms with Gasteiger partial charge in [0, 0.05) is 0 Å². The van der Waals surface area contributed by atoms with Gasteiger partial charge in [0.15, 0.2) is 0 Å². The van der Waals surface area contributed by atoms with E-state index in [0.717, 1.165) is 38.9 Å². The second-order valence-electron chi connectivity index (χ2n) is 4.34. The summed E-state index contributed by atoms with van der Waals surface area (Å²) in [5, 5.41) is 2.15. The van der Waals surface area contributed by atoms with Crippen molar-refractivity contribution in [2.75, 3.05) is 33.3 Å².